The van der Waals surface area contributed by atoms with Crippen molar-refractivity contribution in [1.29, 1.82) is 0 Å². The Morgan fingerprint density at radius 3 is 2.62 bits per heavy atom. The quantitative estimate of drug-likeness (QED) is 0.818. The second kappa shape index (κ2) is 6.28. The van der Waals surface area contributed by atoms with E-state index in [1.54, 1.807) is 38.1 Å². The number of thiocarbonyl (C=S) groups is 1. The Morgan fingerprint density at radius 1 is 1.29 bits per heavy atom. The number of nitrogens with two attached hydrogens (primary N) is 1. The van der Waals surface area contributed by atoms with Crippen LogP contribution in [0.25, 0.3) is 0 Å². The van der Waals surface area contributed by atoms with Gasteiger partial charge in [-0.2, -0.15) is 10.2 Å². The van der Waals surface area contributed by atoms with Crippen LogP contribution >= 0.6 is 28.1 Å². The van der Waals surface area contributed by atoms with Crippen LogP contribution in [0.1, 0.15) is 27.3 Å². The second-order valence-electron chi connectivity index (χ2n) is 4.50. The van der Waals surface area contributed by atoms with Gasteiger partial charge in [-0.25, -0.2) is 0 Å². The molecule has 1 aromatic carbocycles. The largest absolute Gasteiger partial charge is 0.389 e. The average molecular weight is 365 g/mol. The summed E-state index contributed by atoms with van der Waals surface area (Å²) in [5, 5.41) is 10.7. The molecular weight excluding hydrogens is 352 g/mol. The number of benzene rings is 1. The van der Waals surface area contributed by atoms with Crippen molar-refractivity contribution >= 4 is 44.7 Å². The van der Waals surface area contributed by atoms with Gasteiger partial charge in [-0.05, 0) is 54.0 Å². The van der Waals surface area contributed by atoms with Crippen molar-refractivity contribution in [1.82, 2.24) is 10.2 Å². The van der Waals surface area contributed by atoms with Crippen LogP contribution in [-0.2, 0) is 0 Å². The molecule has 0 unspecified atom stereocenters. The van der Waals surface area contributed by atoms with Crippen molar-refractivity contribution in [2.45, 2.75) is 13.8 Å². The third kappa shape index (κ3) is 3.62. The lowest BCUT2D eigenvalue weighted by Gasteiger charge is -2.10. The number of hydrogen-bond acceptors (Lipinski definition) is 4. The van der Waals surface area contributed by atoms with Crippen molar-refractivity contribution in [2.75, 3.05) is 5.32 Å². The number of rotatable bonds is 3. The van der Waals surface area contributed by atoms with E-state index in [0.29, 0.717) is 32.1 Å². The number of amides is 1. The zero-order chi connectivity index (χ0) is 15.6. The summed E-state index contributed by atoms with van der Waals surface area (Å²) < 4.78 is 0.706. The number of anilines is 1. The van der Waals surface area contributed by atoms with E-state index in [1.807, 2.05) is 0 Å². The van der Waals surface area contributed by atoms with Gasteiger partial charge in [0.2, 0.25) is 0 Å². The van der Waals surface area contributed by atoms with Gasteiger partial charge in [0.15, 0.2) is 0 Å². The number of aromatic nitrogens is 2. The molecule has 2 rings (SSSR count). The number of nitrogens with zero attached hydrogens (tertiary/aromatic N) is 2. The Morgan fingerprint density at radius 2 is 2.00 bits per heavy atom. The topological polar surface area (TPSA) is 80.9 Å². The van der Waals surface area contributed by atoms with E-state index in [1.165, 1.54) is 0 Å². The number of aryl methyl sites for hydroxylation is 2. The SMILES string of the molecule is Cc1cc(C(=O)Nc2ccc(C(N)=S)cc2Br)c(C)nn1. The minimum atomic E-state index is -0.241. The van der Waals surface area contributed by atoms with Crippen LogP contribution in [0.3, 0.4) is 0 Å². The van der Waals surface area contributed by atoms with Crippen LogP contribution in [0.2, 0.25) is 0 Å². The molecule has 0 aliphatic carbocycles. The molecule has 0 saturated carbocycles. The first kappa shape index (κ1) is 15.5. The minimum Gasteiger partial charge on any atom is -0.389 e. The maximum absolute atomic E-state index is 12.3. The number of nitrogens with one attached hydrogen (secondary N) is 1. The first-order valence-electron chi connectivity index (χ1n) is 6.10. The smallest absolute Gasteiger partial charge is 0.257 e. The highest BCUT2D eigenvalue weighted by molar-refractivity contribution is 9.10. The van der Waals surface area contributed by atoms with E-state index in [4.69, 9.17) is 18.0 Å². The molecule has 0 spiro atoms. The van der Waals surface area contributed by atoms with E-state index in [9.17, 15) is 4.79 Å². The van der Waals surface area contributed by atoms with E-state index >= 15 is 0 Å². The molecule has 5 nitrogen and oxygen atoms in total. The van der Waals surface area contributed by atoms with E-state index < -0.39 is 0 Å². The monoisotopic (exact) mass is 364 g/mol. The maximum atomic E-state index is 12.3. The first-order chi connectivity index (χ1) is 9.88. The van der Waals surface area contributed by atoms with Gasteiger partial charge in [0, 0.05) is 10.0 Å². The molecule has 3 N–H and O–H groups in total. The molecule has 0 radical (unpaired) electrons. The summed E-state index contributed by atoms with van der Waals surface area (Å²) in [4.78, 5) is 12.6. The van der Waals surface area contributed by atoms with Crippen LogP contribution in [0.4, 0.5) is 5.69 Å². The number of carbonyl (C=O) groups excluding carboxylic acids is 1. The van der Waals surface area contributed by atoms with Crippen molar-refractivity contribution in [3.8, 4) is 0 Å². The molecular formula is C14H13BrN4OS. The summed E-state index contributed by atoms with van der Waals surface area (Å²) in [5.74, 6) is -0.241. The summed E-state index contributed by atoms with van der Waals surface area (Å²) in [7, 11) is 0. The second-order valence-corrected chi connectivity index (χ2v) is 5.79. The summed E-state index contributed by atoms with van der Waals surface area (Å²) in [6, 6.07) is 6.97. The minimum absolute atomic E-state index is 0.241. The highest BCUT2D eigenvalue weighted by atomic mass is 79.9. The number of hydrogen-bond donors (Lipinski definition) is 2. The fraction of sp³-hybridized carbons (Fsp3) is 0.143. The predicted molar refractivity (Wildman–Crippen MR) is 89.5 cm³/mol. The van der Waals surface area contributed by atoms with Crippen molar-refractivity contribution < 1.29 is 4.79 Å². The molecule has 1 heterocycles. The van der Waals surface area contributed by atoms with Gasteiger partial charge >= 0.3 is 0 Å². The van der Waals surface area contributed by atoms with Crippen LogP contribution in [0, 0.1) is 13.8 Å². The Labute approximate surface area is 136 Å². The Hall–Kier alpha value is -1.86. The molecule has 108 valence electrons. The number of carbonyl (C=O) groups is 1. The summed E-state index contributed by atoms with van der Waals surface area (Å²) >= 11 is 8.31. The highest BCUT2D eigenvalue weighted by Gasteiger charge is 2.13. The third-order valence-corrected chi connectivity index (χ3v) is 3.74. The summed E-state index contributed by atoms with van der Waals surface area (Å²) in [5.41, 5.74) is 8.69. The zero-order valence-corrected chi connectivity index (χ0v) is 13.9. The summed E-state index contributed by atoms with van der Waals surface area (Å²) in [6.45, 7) is 3.53. The molecule has 0 aliphatic rings. The summed E-state index contributed by atoms with van der Waals surface area (Å²) in [6.07, 6.45) is 0. The van der Waals surface area contributed by atoms with Crippen LogP contribution < -0.4 is 11.1 Å². The molecule has 0 atom stereocenters. The number of halogens is 1. The van der Waals surface area contributed by atoms with Crippen molar-refractivity contribution in [3.63, 3.8) is 0 Å². The van der Waals surface area contributed by atoms with Gasteiger partial charge < -0.3 is 11.1 Å². The van der Waals surface area contributed by atoms with E-state index in [2.05, 4.69) is 31.4 Å². The Kier molecular flexibility index (Phi) is 4.64. The van der Waals surface area contributed by atoms with E-state index in [-0.39, 0.29) is 5.91 Å². The van der Waals surface area contributed by atoms with E-state index in [0.717, 1.165) is 5.56 Å². The molecule has 0 aliphatic heterocycles. The predicted octanol–water partition coefficient (Wildman–Crippen LogP) is 2.74. The van der Waals surface area contributed by atoms with Crippen LogP contribution in [-0.4, -0.2) is 21.1 Å². The molecule has 1 aromatic heterocycles. The lowest BCUT2D eigenvalue weighted by molar-refractivity contribution is 0.102. The lowest BCUT2D eigenvalue weighted by Crippen LogP contribution is -2.16. The molecule has 1 amide bonds. The molecule has 0 bridgehead atoms. The maximum Gasteiger partial charge on any atom is 0.257 e. The fourth-order valence-corrected chi connectivity index (χ4v) is 2.34. The molecule has 0 fully saturated rings. The zero-order valence-electron chi connectivity index (χ0n) is 11.5. The van der Waals surface area contributed by atoms with Crippen LogP contribution in [0.5, 0.6) is 0 Å². The van der Waals surface area contributed by atoms with Gasteiger partial charge in [-0.3, -0.25) is 4.79 Å². The first-order valence-corrected chi connectivity index (χ1v) is 7.30. The molecule has 7 heteroatoms. The molecule has 2 aromatic rings. The Bertz CT molecular complexity index is 733. The van der Waals surface area contributed by atoms with Gasteiger partial charge in [-0.15, -0.1) is 0 Å². The lowest BCUT2D eigenvalue weighted by atomic mass is 10.1. The van der Waals surface area contributed by atoms with Gasteiger partial charge in [0.25, 0.3) is 5.91 Å². The third-order valence-electron chi connectivity index (χ3n) is 2.85. The molecule has 0 saturated heterocycles. The van der Waals surface area contributed by atoms with Crippen molar-refractivity contribution in [3.05, 3.63) is 51.3 Å². The Balaban J connectivity index is 2.27. The van der Waals surface area contributed by atoms with Crippen molar-refractivity contribution in [2.24, 2.45) is 5.73 Å². The fourth-order valence-electron chi connectivity index (χ4n) is 1.74. The molecule has 21 heavy (non-hydrogen) atoms. The average Bonchev–Trinajstić information content (AvgIpc) is 2.43. The van der Waals surface area contributed by atoms with Gasteiger partial charge in [0.1, 0.15) is 4.99 Å². The van der Waals surface area contributed by atoms with Gasteiger partial charge in [-0.1, -0.05) is 12.2 Å². The van der Waals surface area contributed by atoms with Gasteiger partial charge in [0.05, 0.1) is 22.6 Å². The standard InChI is InChI=1S/C14H13BrN4OS/c1-7-5-10(8(2)19-18-7)14(20)17-12-4-3-9(13(16)21)6-11(12)15/h3-6H,1-2H3,(H2,16,21)(H,17,20). The highest BCUT2D eigenvalue weighted by Crippen LogP contribution is 2.24. The normalized spacial score (nSPS) is 10.2. The van der Waals surface area contributed by atoms with Crippen LogP contribution in [0.15, 0.2) is 28.7 Å².